The smallest absolute Gasteiger partial charge is 0.106 e. The van der Waals surface area contributed by atoms with Gasteiger partial charge in [-0.1, -0.05) is 6.92 Å². The van der Waals surface area contributed by atoms with Crippen LogP contribution in [0, 0.1) is 5.41 Å². The second kappa shape index (κ2) is 9.80. The van der Waals surface area contributed by atoms with Crippen molar-refractivity contribution in [1.29, 1.82) is 5.41 Å². The van der Waals surface area contributed by atoms with Gasteiger partial charge in [-0.05, 0) is 39.8 Å². The van der Waals surface area contributed by atoms with E-state index in [-0.39, 0.29) is 0 Å². The van der Waals surface area contributed by atoms with Gasteiger partial charge in [-0.3, -0.25) is 5.41 Å². The van der Waals surface area contributed by atoms with Gasteiger partial charge in [-0.2, -0.15) is 0 Å². The highest BCUT2D eigenvalue weighted by atomic mass is 14.9. The average Bonchev–Trinajstić information content (AvgIpc) is 2.25. The number of aliphatic imine (C=N–C) groups is 1. The summed E-state index contributed by atoms with van der Waals surface area (Å²) in [6, 6.07) is 0.507. The van der Waals surface area contributed by atoms with E-state index in [4.69, 9.17) is 5.41 Å². The Balaban J connectivity index is 3.83. The molecule has 0 aromatic rings. The normalized spacial score (nSPS) is 13.9. The fourth-order valence-corrected chi connectivity index (χ4v) is 1.23. The van der Waals surface area contributed by atoms with Crippen molar-refractivity contribution in [2.75, 3.05) is 20.1 Å². The molecule has 0 heterocycles. The minimum atomic E-state index is 0.507. The minimum absolute atomic E-state index is 0.507. The highest BCUT2D eigenvalue weighted by Gasteiger charge is 2.02. The van der Waals surface area contributed by atoms with E-state index in [1.807, 2.05) is 7.05 Å². The van der Waals surface area contributed by atoms with Gasteiger partial charge in [0.15, 0.2) is 0 Å². The van der Waals surface area contributed by atoms with Crippen molar-refractivity contribution in [1.82, 2.24) is 10.6 Å². The Morgan fingerprint density at radius 2 is 2.27 bits per heavy atom. The van der Waals surface area contributed by atoms with Crippen LogP contribution < -0.4 is 10.6 Å². The zero-order valence-corrected chi connectivity index (χ0v) is 10.1. The Kier molecular flexibility index (Phi) is 9.32. The summed E-state index contributed by atoms with van der Waals surface area (Å²) in [6.45, 7) is 6.11. The van der Waals surface area contributed by atoms with Gasteiger partial charge in [0.1, 0.15) is 6.34 Å². The molecule has 0 amide bonds. The molecule has 0 unspecified atom stereocenters. The zero-order chi connectivity index (χ0) is 11.5. The van der Waals surface area contributed by atoms with Crippen LogP contribution in [0.5, 0.6) is 0 Å². The average molecular weight is 212 g/mol. The van der Waals surface area contributed by atoms with Gasteiger partial charge in [0, 0.05) is 18.3 Å². The maximum atomic E-state index is 6.99. The SMILES string of the molecule is CCCNCC(CC[C@@H](C)NC)=NC=N. The predicted molar refractivity (Wildman–Crippen MR) is 67.1 cm³/mol. The van der Waals surface area contributed by atoms with Gasteiger partial charge in [-0.15, -0.1) is 0 Å². The summed E-state index contributed by atoms with van der Waals surface area (Å²) in [4.78, 5) is 4.07. The molecule has 1 atom stereocenters. The summed E-state index contributed by atoms with van der Waals surface area (Å²) < 4.78 is 0. The fraction of sp³-hybridized carbons (Fsp3) is 0.818. The molecule has 0 aromatic heterocycles. The van der Waals surface area contributed by atoms with Crippen LogP contribution in [0.3, 0.4) is 0 Å². The van der Waals surface area contributed by atoms with E-state index >= 15 is 0 Å². The molecule has 0 radical (unpaired) electrons. The van der Waals surface area contributed by atoms with Crippen molar-refractivity contribution < 1.29 is 0 Å². The number of hydrogen-bond donors (Lipinski definition) is 3. The number of nitrogens with zero attached hydrogens (tertiary/aromatic N) is 1. The molecule has 0 aliphatic rings. The van der Waals surface area contributed by atoms with E-state index in [0.717, 1.165) is 44.4 Å². The van der Waals surface area contributed by atoms with Crippen LogP contribution in [0.1, 0.15) is 33.1 Å². The topological polar surface area (TPSA) is 60.3 Å². The van der Waals surface area contributed by atoms with E-state index < -0.39 is 0 Å². The Hall–Kier alpha value is -0.740. The Morgan fingerprint density at radius 3 is 2.80 bits per heavy atom. The summed E-state index contributed by atoms with van der Waals surface area (Å²) in [6.07, 6.45) is 4.28. The van der Waals surface area contributed by atoms with Crippen LogP contribution in [0.2, 0.25) is 0 Å². The lowest BCUT2D eigenvalue weighted by Gasteiger charge is -2.11. The molecule has 0 rings (SSSR count). The van der Waals surface area contributed by atoms with E-state index in [2.05, 4.69) is 29.5 Å². The number of hydrogen-bond acceptors (Lipinski definition) is 3. The molecule has 0 aromatic carbocycles. The second-order valence-electron chi connectivity index (χ2n) is 3.73. The van der Waals surface area contributed by atoms with Crippen molar-refractivity contribution in [3.8, 4) is 0 Å². The lowest BCUT2D eigenvalue weighted by molar-refractivity contribution is 0.574. The van der Waals surface area contributed by atoms with Crippen LogP contribution in [0.4, 0.5) is 0 Å². The first-order valence-electron chi connectivity index (χ1n) is 5.67. The Morgan fingerprint density at radius 1 is 1.53 bits per heavy atom. The van der Waals surface area contributed by atoms with Gasteiger partial charge in [-0.25, -0.2) is 4.99 Å². The fourth-order valence-electron chi connectivity index (χ4n) is 1.23. The van der Waals surface area contributed by atoms with Gasteiger partial charge in [0.2, 0.25) is 0 Å². The largest absolute Gasteiger partial charge is 0.317 e. The van der Waals surface area contributed by atoms with E-state index in [9.17, 15) is 0 Å². The molecule has 0 bridgehead atoms. The van der Waals surface area contributed by atoms with Gasteiger partial charge in [0.05, 0.1) is 0 Å². The molecular formula is C11H24N4. The van der Waals surface area contributed by atoms with Gasteiger partial charge in [0.25, 0.3) is 0 Å². The number of nitrogens with one attached hydrogen (secondary N) is 3. The second-order valence-corrected chi connectivity index (χ2v) is 3.73. The molecule has 0 saturated carbocycles. The maximum Gasteiger partial charge on any atom is 0.106 e. The molecule has 0 aliphatic carbocycles. The van der Waals surface area contributed by atoms with E-state index in [0.29, 0.717) is 6.04 Å². The molecular weight excluding hydrogens is 188 g/mol. The lowest BCUT2D eigenvalue weighted by Crippen LogP contribution is -2.27. The third-order valence-corrected chi connectivity index (χ3v) is 2.36. The first-order chi connectivity index (χ1) is 7.24. The van der Waals surface area contributed by atoms with Crippen LogP contribution >= 0.6 is 0 Å². The lowest BCUT2D eigenvalue weighted by atomic mass is 10.1. The van der Waals surface area contributed by atoms with Crippen molar-refractivity contribution in [2.45, 2.75) is 39.2 Å². The highest BCUT2D eigenvalue weighted by Crippen LogP contribution is 1.98. The van der Waals surface area contributed by atoms with Crippen LogP contribution in [0.15, 0.2) is 4.99 Å². The molecule has 0 aliphatic heterocycles. The van der Waals surface area contributed by atoms with Crippen molar-refractivity contribution in [3.05, 3.63) is 0 Å². The molecule has 0 fully saturated rings. The first kappa shape index (κ1) is 14.3. The summed E-state index contributed by atoms with van der Waals surface area (Å²) >= 11 is 0. The Labute approximate surface area is 93.1 Å². The van der Waals surface area contributed by atoms with Crippen LogP contribution in [-0.4, -0.2) is 38.2 Å². The summed E-state index contributed by atoms with van der Waals surface area (Å²) in [7, 11) is 1.97. The van der Waals surface area contributed by atoms with Gasteiger partial charge < -0.3 is 10.6 Å². The third-order valence-electron chi connectivity index (χ3n) is 2.36. The maximum absolute atomic E-state index is 6.99. The predicted octanol–water partition coefficient (Wildman–Crippen LogP) is 1.42. The third kappa shape index (κ3) is 8.27. The highest BCUT2D eigenvalue weighted by molar-refractivity contribution is 5.91. The van der Waals surface area contributed by atoms with Crippen molar-refractivity contribution >= 4 is 12.1 Å². The van der Waals surface area contributed by atoms with Gasteiger partial charge >= 0.3 is 0 Å². The summed E-state index contributed by atoms with van der Waals surface area (Å²) in [5.74, 6) is 0. The summed E-state index contributed by atoms with van der Waals surface area (Å²) in [5, 5.41) is 13.5. The van der Waals surface area contributed by atoms with E-state index in [1.54, 1.807) is 0 Å². The van der Waals surface area contributed by atoms with Crippen LogP contribution in [-0.2, 0) is 0 Å². The molecule has 15 heavy (non-hydrogen) atoms. The minimum Gasteiger partial charge on any atom is -0.317 e. The van der Waals surface area contributed by atoms with Crippen molar-refractivity contribution in [2.24, 2.45) is 4.99 Å². The number of rotatable bonds is 9. The molecule has 88 valence electrons. The molecule has 4 heteroatoms. The monoisotopic (exact) mass is 212 g/mol. The quantitative estimate of drug-likeness (QED) is 0.307. The van der Waals surface area contributed by atoms with E-state index in [1.165, 1.54) is 0 Å². The zero-order valence-electron chi connectivity index (χ0n) is 10.1. The standard InChI is InChI=1S/C11H24N4/c1-4-7-14-8-11(15-9-12)6-5-10(2)13-3/h9-10,12-14H,4-8H2,1-3H3/t10-/m1/s1. The molecule has 4 nitrogen and oxygen atoms in total. The molecule has 3 N–H and O–H groups in total. The Bertz CT molecular complexity index is 189. The first-order valence-corrected chi connectivity index (χ1v) is 5.67. The molecule has 0 saturated heterocycles. The van der Waals surface area contributed by atoms with Crippen molar-refractivity contribution in [3.63, 3.8) is 0 Å². The van der Waals surface area contributed by atoms with Crippen LogP contribution in [0.25, 0.3) is 0 Å². The molecule has 0 spiro atoms. The summed E-state index contributed by atoms with van der Waals surface area (Å²) in [5.41, 5.74) is 1.07.